The van der Waals surface area contributed by atoms with E-state index in [0.717, 1.165) is 31.4 Å². The number of piperidine rings is 1. The van der Waals surface area contributed by atoms with E-state index in [1.807, 2.05) is 20.8 Å². The van der Waals surface area contributed by atoms with E-state index in [1.165, 1.54) is 6.07 Å². The molecule has 25 heavy (non-hydrogen) atoms. The number of amides is 1. The van der Waals surface area contributed by atoms with Gasteiger partial charge in [-0.2, -0.15) is 13.2 Å². The molecule has 0 aliphatic carbocycles. The molecule has 4 nitrogen and oxygen atoms in total. The first-order valence-corrected chi connectivity index (χ1v) is 8.47. The molecule has 1 heterocycles. The van der Waals surface area contributed by atoms with E-state index in [-0.39, 0.29) is 12.1 Å². The minimum Gasteiger partial charge on any atom is -0.444 e. The average molecular weight is 358 g/mol. The fraction of sp³-hybridized carbons (Fsp3) is 0.611. The first-order chi connectivity index (χ1) is 11.6. The number of nitrogens with zero attached hydrogens (tertiary/aromatic N) is 1. The van der Waals surface area contributed by atoms with Crippen molar-refractivity contribution < 1.29 is 22.7 Å². The van der Waals surface area contributed by atoms with Crippen molar-refractivity contribution in [1.82, 2.24) is 4.90 Å². The van der Waals surface area contributed by atoms with E-state index in [1.54, 1.807) is 11.0 Å². The first-order valence-electron chi connectivity index (χ1n) is 8.47. The highest BCUT2D eigenvalue weighted by Crippen LogP contribution is 2.31. The zero-order chi connectivity index (χ0) is 18.7. The summed E-state index contributed by atoms with van der Waals surface area (Å²) in [6.45, 7) is 6.42. The molecule has 140 valence electrons. The van der Waals surface area contributed by atoms with E-state index >= 15 is 0 Å². The second kappa shape index (κ2) is 7.54. The molecule has 1 unspecified atom stereocenters. The molecule has 2 rings (SSSR count). The van der Waals surface area contributed by atoms with Crippen molar-refractivity contribution in [2.24, 2.45) is 0 Å². The molecule has 0 saturated carbocycles. The molecule has 1 aromatic rings. The Morgan fingerprint density at radius 2 is 2.00 bits per heavy atom. The highest BCUT2D eigenvalue weighted by Gasteiger charge is 2.32. The number of alkyl halides is 3. The molecular formula is C18H25F3N2O2. The van der Waals surface area contributed by atoms with E-state index in [4.69, 9.17) is 4.74 Å². The summed E-state index contributed by atoms with van der Waals surface area (Å²) in [6, 6.07) is 4.99. The van der Waals surface area contributed by atoms with Gasteiger partial charge in [0.25, 0.3) is 0 Å². The lowest BCUT2D eigenvalue weighted by Gasteiger charge is -2.37. The van der Waals surface area contributed by atoms with Crippen LogP contribution in [0.4, 0.5) is 23.7 Å². The molecule has 0 spiro atoms. The van der Waals surface area contributed by atoms with Crippen LogP contribution < -0.4 is 5.32 Å². The molecule has 1 N–H and O–H groups in total. The lowest BCUT2D eigenvalue weighted by Crippen LogP contribution is -2.48. The van der Waals surface area contributed by atoms with Crippen LogP contribution in [-0.2, 0) is 10.9 Å². The zero-order valence-corrected chi connectivity index (χ0v) is 14.8. The second-order valence-corrected chi connectivity index (χ2v) is 7.28. The Hall–Kier alpha value is -1.92. The Labute approximate surface area is 146 Å². The molecular weight excluding hydrogens is 333 g/mol. The van der Waals surface area contributed by atoms with Crippen LogP contribution in [0.25, 0.3) is 0 Å². The van der Waals surface area contributed by atoms with Gasteiger partial charge in [0.05, 0.1) is 11.6 Å². The zero-order valence-electron chi connectivity index (χ0n) is 14.8. The van der Waals surface area contributed by atoms with Crippen molar-refractivity contribution in [3.63, 3.8) is 0 Å². The lowest BCUT2D eigenvalue weighted by molar-refractivity contribution is -0.137. The molecule has 7 heteroatoms. The minimum atomic E-state index is -4.37. The molecule has 0 radical (unpaired) electrons. The lowest BCUT2D eigenvalue weighted by atomic mass is 10.0. The molecule has 1 aromatic carbocycles. The number of carbonyl (C=O) groups excluding carboxylic acids is 1. The fourth-order valence-corrected chi connectivity index (χ4v) is 2.81. The van der Waals surface area contributed by atoms with E-state index in [9.17, 15) is 18.0 Å². The van der Waals surface area contributed by atoms with Crippen LogP contribution in [0.1, 0.15) is 45.6 Å². The van der Waals surface area contributed by atoms with Gasteiger partial charge < -0.3 is 15.0 Å². The van der Waals surface area contributed by atoms with Gasteiger partial charge in [-0.3, -0.25) is 0 Å². The van der Waals surface area contributed by atoms with Crippen molar-refractivity contribution >= 4 is 11.8 Å². The molecule has 1 aliphatic rings. The predicted octanol–water partition coefficient (Wildman–Crippen LogP) is 4.91. The number of anilines is 1. The van der Waals surface area contributed by atoms with Crippen molar-refractivity contribution in [3.05, 3.63) is 29.8 Å². The smallest absolute Gasteiger partial charge is 0.416 e. The third-order valence-electron chi connectivity index (χ3n) is 3.99. The maximum absolute atomic E-state index is 12.8. The van der Waals surface area contributed by atoms with Gasteiger partial charge in [0.2, 0.25) is 0 Å². The van der Waals surface area contributed by atoms with Crippen LogP contribution in [0, 0.1) is 0 Å². The SMILES string of the molecule is CC(C)(C)OC(=O)N1CCCCC1CNc1cccc(C(F)(F)F)c1. The van der Waals surface area contributed by atoms with Crippen LogP contribution in [0.15, 0.2) is 24.3 Å². The Morgan fingerprint density at radius 1 is 1.28 bits per heavy atom. The van der Waals surface area contributed by atoms with Crippen LogP contribution in [-0.4, -0.2) is 35.7 Å². The number of hydrogen-bond acceptors (Lipinski definition) is 3. The molecule has 0 aromatic heterocycles. The summed E-state index contributed by atoms with van der Waals surface area (Å²) in [6.07, 6.45) is -2.06. The van der Waals surface area contributed by atoms with Crippen molar-refractivity contribution in [1.29, 1.82) is 0 Å². The highest BCUT2D eigenvalue weighted by atomic mass is 19.4. The van der Waals surface area contributed by atoms with Crippen molar-refractivity contribution in [2.45, 2.75) is 57.9 Å². The number of ether oxygens (including phenoxy) is 1. The monoisotopic (exact) mass is 358 g/mol. The van der Waals surface area contributed by atoms with Gasteiger partial charge in [-0.25, -0.2) is 4.79 Å². The largest absolute Gasteiger partial charge is 0.444 e. The number of carbonyl (C=O) groups is 1. The molecule has 1 saturated heterocycles. The summed E-state index contributed by atoms with van der Waals surface area (Å²) in [5, 5.41) is 3.03. The maximum Gasteiger partial charge on any atom is 0.416 e. The Kier molecular flexibility index (Phi) is 5.85. The van der Waals surface area contributed by atoms with Crippen molar-refractivity contribution in [3.8, 4) is 0 Å². The van der Waals surface area contributed by atoms with Crippen LogP contribution >= 0.6 is 0 Å². The van der Waals surface area contributed by atoms with Gasteiger partial charge in [0.1, 0.15) is 5.60 Å². The van der Waals surface area contributed by atoms with Crippen LogP contribution in [0.2, 0.25) is 0 Å². The van der Waals surface area contributed by atoms with Gasteiger partial charge in [-0.1, -0.05) is 6.07 Å². The number of halogens is 3. The van der Waals surface area contributed by atoms with Crippen LogP contribution in [0.3, 0.4) is 0 Å². The van der Waals surface area contributed by atoms with E-state index < -0.39 is 17.3 Å². The fourth-order valence-electron chi connectivity index (χ4n) is 2.81. The van der Waals surface area contributed by atoms with Gasteiger partial charge in [0, 0.05) is 18.8 Å². The van der Waals surface area contributed by atoms with Gasteiger partial charge in [-0.05, 0) is 58.2 Å². The Balaban J connectivity index is 2.01. The topological polar surface area (TPSA) is 41.6 Å². The number of likely N-dealkylation sites (tertiary alicyclic amines) is 1. The molecule has 1 fully saturated rings. The predicted molar refractivity (Wildman–Crippen MR) is 90.5 cm³/mol. The number of benzene rings is 1. The minimum absolute atomic E-state index is 0.0989. The maximum atomic E-state index is 12.8. The first kappa shape index (κ1) is 19.4. The quantitative estimate of drug-likeness (QED) is 0.835. The standard InChI is InChI=1S/C18H25F3N2O2/c1-17(2,3)25-16(24)23-10-5-4-9-15(23)12-22-14-8-6-7-13(11-14)18(19,20)21/h6-8,11,15,22H,4-5,9-10,12H2,1-3H3. The van der Waals surface area contributed by atoms with Crippen molar-refractivity contribution in [2.75, 3.05) is 18.4 Å². The summed E-state index contributed by atoms with van der Waals surface area (Å²) < 4.78 is 43.8. The van der Waals surface area contributed by atoms with Gasteiger partial charge in [-0.15, -0.1) is 0 Å². The molecule has 1 aliphatic heterocycles. The summed E-state index contributed by atoms with van der Waals surface area (Å²) >= 11 is 0. The van der Waals surface area contributed by atoms with Gasteiger partial charge in [0.15, 0.2) is 0 Å². The third kappa shape index (κ3) is 5.83. The molecule has 1 amide bonds. The molecule has 0 bridgehead atoms. The normalized spacial score (nSPS) is 18.8. The van der Waals surface area contributed by atoms with Gasteiger partial charge >= 0.3 is 12.3 Å². The summed E-state index contributed by atoms with van der Waals surface area (Å²) in [5.41, 5.74) is -0.872. The number of nitrogens with one attached hydrogen (secondary N) is 1. The Morgan fingerprint density at radius 3 is 2.64 bits per heavy atom. The Bertz CT molecular complexity index is 597. The van der Waals surface area contributed by atoms with Crippen LogP contribution in [0.5, 0.6) is 0 Å². The van der Waals surface area contributed by atoms with E-state index in [2.05, 4.69) is 5.32 Å². The third-order valence-corrected chi connectivity index (χ3v) is 3.99. The average Bonchev–Trinajstić information content (AvgIpc) is 2.51. The highest BCUT2D eigenvalue weighted by molar-refractivity contribution is 5.68. The number of rotatable bonds is 3. The summed E-state index contributed by atoms with van der Waals surface area (Å²) in [7, 11) is 0. The van der Waals surface area contributed by atoms with E-state index in [0.29, 0.717) is 18.8 Å². The second-order valence-electron chi connectivity index (χ2n) is 7.28. The summed E-state index contributed by atoms with van der Waals surface area (Å²) in [5.74, 6) is 0. The molecule has 1 atom stereocenters. The summed E-state index contributed by atoms with van der Waals surface area (Å²) in [4.78, 5) is 14.0. The number of hydrogen-bond donors (Lipinski definition) is 1.